The zero-order valence-corrected chi connectivity index (χ0v) is 12.6. The Hall–Kier alpha value is -1.07. The van der Waals surface area contributed by atoms with Gasteiger partial charge in [-0.25, -0.2) is 4.68 Å². The van der Waals surface area contributed by atoms with E-state index < -0.39 is 0 Å². The zero-order chi connectivity index (χ0) is 13.8. The van der Waals surface area contributed by atoms with Gasteiger partial charge in [0.2, 0.25) is 0 Å². The Kier molecular flexibility index (Phi) is 4.82. The normalized spacial score (nSPS) is 11.2. The largest absolute Gasteiger partial charge is 0.266 e. The zero-order valence-electron chi connectivity index (χ0n) is 11.1. The molecular weight excluding hydrogens is 285 g/mol. The van der Waals surface area contributed by atoms with Crippen molar-refractivity contribution in [1.29, 1.82) is 0 Å². The van der Waals surface area contributed by atoms with Crippen molar-refractivity contribution in [2.75, 3.05) is 5.88 Å². The second-order valence-electron chi connectivity index (χ2n) is 4.36. The molecule has 5 nitrogen and oxygen atoms in total. The highest BCUT2D eigenvalue weighted by Gasteiger charge is 2.13. The van der Waals surface area contributed by atoms with Crippen LogP contribution in [0.2, 0.25) is 5.02 Å². The van der Waals surface area contributed by atoms with Crippen LogP contribution < -0.4 is 0 Å². The maximum Gasteiger partial charge on any atom is 0.0866 e. The van der Waals surface area contributed by atoms with Crippen molar-refractivity contribution < 1.29 is 0 Å². The van der Waals surface area contributed by atoms with E-state index in [0.29, 0.717) is 17.4 Å². The van der Waals surface area contributed by atoms with E-state index >= 15 is 0 Å². The average Bonchev–Trinajstić information content (AvgIpc) is 2.96. The fraction of sp³-hybridized carbons (Fsp3) is 0.583. The lowest BCUT2D eigenvalue weighted by atomic mass is 10.3. The minimum absolute atomic E-state index is 0.585. The van der Waals surface area contributed by atoms with E-state index in [9.17, 15) is 0 Å². The Morgan fingerprint density at radius 3 is 2.84 bits per heavy atom. The lowest BCUT2D eigenvalue weighted by Crippen LogP contribution is -2.08. The Morgan fingerprint density at radius 2 is 2.16 bits per heavy atom. The molecule has 19 heavy (non-hydrogen) atoms. The molecule has 0 N–H and O–H groups in total. The van der Waals surface area contributed by atoms with Gasteiger partial charge in [0.25, 0.3) is 0 Å². The summed E-state index contributed by atoms with van der Waals surface area (Å²) in [5.41, 5.74) is 2.77. The average molecular weight is 302 g/mol. The SMILES string of the molecule is CCn1nc(C)c(Cl)c1Cn1cc(CCCCl)nn1. The van der Waals surface area contributed by atoms with E-state index in [-0.39, 0.29) is 0 Å². The standard InChI is InChI=1S/C12H17Cl2N5/c1-3-19-11(12(14)9(2)16-19)8-18-7-10(15-17-18)5-4-6-13/h7H,3-6,8H2,1-2H3. The van der Waals surface area contributed by atoms with Gasteiger partial charge in [0, 0.05) is 18.6 Å². The molecule has 2 aromatic rings. The molecule has 0 radical (unpaired) electrons. The molecule has 0 saturated heterocycles. The summed E-state index contributed by atoms with van der Waals surface area (Å²) >= 11 is 11.9. The summed E-state index contributed by atoms with van der Waals surface area (Å²) < 4.78 is 3.69. The number of halogens is 2. The predicted molar refractivity (Wildman–Crippen MR) is 75.8 cm³/mol. The minimum Gasteiger partial charge on any atom is -0.266 e. The third-order valence-corrected chi connectivity index (χ3v) is 3.68. The van der Waals surface area contributed by atoms with Crippen LogP contribution in [0.15, 0.2) is 6.20 Å². The van der Waals surface area contributed by atoms with Crippen LogP contribution in [0.4, 0.5) is 0 Å². The number of aromatic nitrogens is 5. The van der Waals surface area contributed by atoms with E-state index in [1.165, 1.54) is 0 Å². The van der Waals surface area contributed by atoms with Gasteiger partial charge in [0.15, 0.2) is 0 Å². The lowest BCUT2D eigenvalue weighted by molar-refractivity contribution is 0.565. The molecule has 0 atom stereocenters. The minimum atomic E-state index is 0.585. The highest BCUT2D eigenvalue weighted by molar-refractivity contribution is 6.31. The molecule has 0 fully saturated rings. The summed E-state index contributed by atoms with van der Waals surface area (Å²) in [7, 11) is 0. The summed E-state index contributed by atoms with van der Waals surface area (Å²) in [6.07, 6.45) is 3.70. The van der Waals surface area contributed by atoms with Crippen molar-refractivity contribution in [2.24, 2.45) is 0 Å². The van der Waals surface area contributed by atoms with Gasteiger partial charge in [0.1, 0.15) is 0 Å². The second-order valence-corrected chi connectivity index (χ2v) is 5.12. The van der Waals surface area contributed by atoms with E-state index in [1.54, 1.807) is 4.68 Å². The molecule has 0 saturated carbocycles. The number of hydrogen-bond donors (Lipinski definition) is 0. The van der Waals surface area contributed by atoms with Crippen molar-refractivity contribution in [3.8, 4) is 0 Å². The van der Waals surface area contributed by atoms with Gasteiger partial charge >= 0.3 is 0 Å². The number of hydrogen-bond acceptors (Lipinski definition) is 3. The maximum atomic E-state index is 6.27. The number of rotatable bonds is 6. The van der Waals surface area contributed by atoms with E-state index in [2.05, 4.69) is 15.4 Å². The third kappa shape index (κ3) is 3.28. The van der Waals surface area contributed by atoms with Crippen molar-refractivity contribution in [1.82, 2.24) is 24.8 Å². The summed E-state index contributed by atoms with van der Waals surface area (Å²) in [6, 6.07) is 0. The quantitative estimate of drug-likeness (QED) is 0.771. The molecule has 0 unspecified atom stereocenters. The van der Waals surface area contributed by atoms with Gasteiger partial charge < -0.3 is 0 Å². The van der Waals surface area contributed by atoms with E-state index in [0.717, 1.165) is 36.5 Å². The maximum absolute atomic E-state index is 6.27. The van der Waals surface area contributed by atoms with Gasteiger partial charge in [-0.1, -0.05) is 16.8 Å². The Morgan fingerprint density at radius 1 is 1.37 bits per heavy atom. The lowest BCUT2D eigenvalue weighted by Gasteiger charge is -2.04. The van der Waals surface area contributed by atoms with Crippen molar-refractivity contribution in [3.05, 3.63) is 28.3 Å². The first-order chi connectivity index (χ1) is 9.15. The Bertz CT molecular complexity index is 546. The van der Waals surface area contributed by atoms with Gasteiger partial charge in [-0.05, 0) is 26.7 Å². The first kappa shape index (κ1) is 14.3. The predicted octanol–water partition coefficient (Wildman–Crippen LogP) is 2.68. The van der Waals surface area contributed by atoms with Crippen LogP contribution in [0, 0.1) is 6.92 Å². The van der Waals surface area contributed by atoms with Crippen LogP contribution >= 0.6 is 23.2 Å². The first-order valence-electron chi connectivity index (χ1n) is 6.32. The van der Waals surface area contributed by atoms with Crippen LogP contribution in [0.25, 0.3) is 0 Å². The molecule has 2 aromatic heterocycles. The molecule has 0 aliphatic heterocycles. The van der Waals surface area contributed by atoms with Gasteiger partial charge in [-0.2, -0.15) is 5.10 Å². The topological polar surface area (TPSA) is 48.5 Å². The van der Waals surface area contributed by atoms with E-state index in [1.807, 2.05) is 24.7 Å². The molecule has 2 rings (SSSR count). The molecule has 0 bridgehead atoms. The highest BCUT2D eigenvalue weighted by atomic mass is 35.5. The fourth-order valence-corrected chi connectivity index (χ4v) is 2.28. The highest BCUT2D eigenvalue weighted by Crippen LogP contribution is 2.21. The third-order valence-electron chi connectivity index (χ3n) is 2.92. The van der Waals surface area contributed by atoms with Crippen LogP contribution in [0.5, 0.6) is 0 Å². The molecular formula is C12H17Cl2N5. The van der Waals surface area contributed by atoms with Crippen LogP contribution in [0.3, 0.4) is 0 Å². The summed E-state index contributed by atoms with van der Waals surface area (Å²) in [5.74, 6) is 0.639. The summed E-state index contributed by atoms with van der Waals surface area (Å²) in [6.45, 7) is 5.32. The Labute approximate surface area is 122 Å². The first-order valence-corrected chi connectivity index (χ1v) is 7.23. The smallest absolute Gasteiger partial charge is 0.0866 e. The van der Waals surface area contributed by atoms with Crippen molar-refractivity contribution in [2.45, 2.75) is 39.8 Å². The molecule has 2 heterocycles. The fourth-order valence-electron chi connectivity index (χ4n) is 1.95. The second kappa shape index (κ2) is 6.39. The monoisotopic (exact) mass is 301 g/mol. The Balaban J connectivity index is 2.14. The summed E-state index contributed by atoms with van der Waals surface area (Å²) in [5, 5.41) is 13.3. The van der Waals surface area contributed by atoms with Crippen LogP contribution in [0.1, 0.15) is 30.4 Å². The molecule has 0 aliphatic carbocycles. The molecule has 0 spiro atoms. The molecule has 0 amide bonds. The van der Waals surface area contributed by atoms with Crippen molar-refractivity contribution in [3.63, 3.8) is 0 Å². The van der Waals surface area contributed by atoms with Crippen LogP contribution in [-0.4, -0.2) is 30.7 Å². The molecule has 0 aromatic carbocycles. The van der Waals surface area contributed by atoms with Gasteiger partial charge in [-0.3, -0.25) is 4.68 Å². The van der Waals surface area contributed by atoms with Crippen LogP contribution in [-0.2, 0) is 19.5 Å². The number of aryl methyl sites for hydroxylation is 3. The van der Waals surface area contributed by atoms with E-state index in [4.69, 9.17) is 23.2 Å². The molecule has 104 valence electrons. The number of nitrogens with zero attached hydrogens (tertiary/aromatic N) is 5. The van der Waals surface area contributed by atoms with Gasteiger partial charge in [-0.15, -0.1) is 16.7 Å². The summed E-state index contributed by atoms with van der Waals surface area (Å²) in [4.78, 5) is 0. The molecule has 0 aliphatic rings. The number of alkyl halides is 1. The van der Waals surface area contributed by atoms with Crippen molar-refractivity contribution >= 4 is 23.2 Å². The molecule has 7 heteroatoms. The van der Waals surface area contributed by atoms with Gasteiger partial charge in [0.05, 0.1) is 28.6 Å².